The predicted octanol–water partition coefficient (Wildman–Crippen LogP) is 7.55. The van der Waals surface area contributed by atoms with Gasteiger partial charge in [-0.25, -0.2) is 0 Å². The molecule has 0 N–H and O–H groups in total. The van der Waals surface area contributed by atoms with Crippen LogP contribution in [0.5, 0.6) is 0 Å². The first-order valence-corrected chi connectivity index (χ1v) is 15.3. The number of fused-ring (bicyclic) bond motifs is 5. The first kappa shape index (κ1) is 29.3. The van der Waals surface area contributed by atoms with Crippen molar-refractivity contribution in [3.05, 3.63) is 0 Å². The summed E-state index contributed by atoms with van der Waals surface area (Å²) in [6.45, 7) is 14.5. The van der Waals surface area contributed by atoms with Crippen molar-refractivity contribution in [2.75, 3.05) is 27.7 Å². The number of carbonyl (C=O) groups excluding carboxylic acids is 1. The number of ether oxygens (including phenoxy) is 3. The van der Waals surface area contributed by atoms with Crippen molar-refractivity contribution >= 4 is 5.97 Å². The van der Waals surface area contributed by atoms with Crippen molar-refractivity contribution in [3.8, 4) is 0 Å². The van der Waals surface area contributed by atoms with Crippen LogP contribution in [0, 0.1) is 70.0 Å². The Balaban J connectivity index is 1.69. The number of rotatable bonds is 9. The minimum Gasteiger partial charge on any atom is -0.469 e. The molecule has 214 valence electrons. The molecule has 5 heteroatoms. The highest BCUT2D eigenvalue weighted by Crippen LogP contribution is 2.71. The minimum absolute atomic E-state index is 0.176. The third-order valence-corrected chi connectivity index (χ3v) is 12.7. The standard InChI is InChI=1S/C32H55FO4/c1-9-23-26-14-19(2)12-13-31(26,5)27-16-21(4)32(6)24(20(3)15-22(17-33)30(34)36-8)10-11-25(32)28(27)29(23)37-18-35-7/h19-29H,9-18H2,1-8H3/t19-,20-,21+,22?,23-,24-,25?,26+,27?,28?,29-,31+,32-/m1/s1. The number of carbonyl (C=O) groups is 1. The van der Waals surface area contributed by atoms with Crippen LogP contribution >= 0.6 is 0 Å². The summed E-state index contributed by atoms with van der Waals surface area (Å²) in [5.41, 5.74) is 0.560. The van der Waals surface area contributed by atoms with E-state index in [2.05, 4.69) is 41.5 Å². The molecule has 4 aliphatic carbocycles. The van der Waals surface area contributed by atoms with Crippen LogP contribution in [0.15, 0.2) is 0 Å². The zero-order valence-electron chi connectivity index (χ0n) is 24.9. The highest BCUT2D eigenvalue weighted by Gasteiger charge is 2.67. The minimum atomic E-state index is -0.643. The molecular formula is C32H55FO4. The van der Waals surface area contributed by atoms with E-state index in [4.69, 9.17) is 14.2 Å². The van der Waals surface area contributed by atoms with E-state index in [-0.39, 0.29) is 17.4 Å². The Morgan fingerprint density at radius 1 is 1.05 bits per heavy atom. The number of hydrogen-bond acceptors (Lipinski definition) is 4. The van der Waals surface area contributed by atoms with E-state index in [1.807, 2.05) is 0 Å². The fourth-order valence-electron chi connectivity index (χ4n) is 10.8. The number of methoxy groups -OCH3 is 2. The van der Waals surface area contributed by atoms with Gasteiger partial charge in [0.1, 0.15) is 13.5 Å². The van der Waals surface area contributed by atoms with Crippen LogP contribution in [-0.2, 0) is 19.0 Å². The summed E-state index contributed by atoms with van der Waals surface area (Å²) in [5, 5.41) is 0. The Labute approximate surface area is 226 Å². The molecule has 0 aliphatic heterocycles. The Morgan fingerprint density at radius 2 is 1.78 bits per heavy atom. The van der Waals surface area contributed by atoms with Gasteiger partial charge in [0.05, 0.1) is 19.1 Å². The van der Waals surface area contributed by atoms with Gasteiger partial charge >= 0.3 is 5.97 Å². The van der Waals surface area contributed by atoms with Gasteiger partial charge in [0.2, 0.25) is 0 Å². The lowest BCUT2D eigenvalue weighted by Crippen LogP contribution is -2.63. The highest BCUT2D eigenvalue weighted by molar-refractivity contribution is 5.72. The summed E-state index contributed by atoms with van der Waals surface area (Å²) < 4.78 is 31.0. The smallest absolute Gasteiger partial charge is 0.311 e. The molecule has 0 heterocycles. The largest absolute Gasteiger partial charge is 0.469 e. The molecule has 0 aromatic carbocycles. The van der Waals surface area contributed by atoms with Gasteiger partial charge in [-0.1, -0.05) is 54.4 Å². The summed E-state index contributed by atoms with van der Waals surface area (Å²) >= 11 is 0. The molecular weight excluding hydrogens is 467 g/mol. The van der Waals surface area contributed by atoms with E-state index in [0.717, 1.165) is 11.8 Å². The molecule has 4 nitrogen and oxygen atoms in total. The zero-order valence-corrected chi connectivity index (χ0v) is 24.9. The van der Waals surface area contributed by atoms with Crippen molar-refractivity contribution in [3.63, 3.8) is 0 Å². The summed E-state index contributed by atoms with van der Waals surface area (Å²) in [6, 6.07) is 0. The van der Waals surface area contributed by atoms with Crippen LogP contribution in [0.2, 0.25) is 0 Å². The summed E-state index contributed by atoms with van der Waals surface area (Å²) in [7, 11) is 3.12. The van der Waals surface area contributed by atoms with Gasteiger partial charge in [-0.15, -0.1) is 0 Å². The van der Waals surface area contributed by atoms with E-state index in [9.17, 15) is 9.18 Å². The molecule has 0 radical (unpaired) electrons. The lowest BCUT2D eigenvalue weighted by molar-refractivity contribution is -0.240. The normalized spacial score (nSPS) is 46.9. The van der Waals surface area contributed by atoms with Gasteiger partial charge in [-0.3, -0.25) is 9.18 Å². The molecule has 4 aliphatic rings. The van der Waals surface area contributed by atoms with E-state index < -0.39 is 18.6 Å². The lowest BCUT2D eigenvalue weighted by atomic mass is 9.39. The second-order valence-electron chi connectivity index (χ2n) is 14.2. The summed E-state index contributed by atoms with van der Waals surface area (Å²) in [6.07, 6.45) is 9.67. The Kier molecular flexibility index (Phi) is 9.06. The first-order chi connectivity index (χ1) is 17.6. The fourth-order valence-corrected chi connectivity index (χ4v) is 10.8. The Bertz CT molecular complexity index is 789. The third kappa shape index (κ3) is 4.81. The first-order valence-electron chi connectivity index (χ1n) is 15.3. The van der Waals surface area contributed by atoms with Crippen LogP contribution in [0.4, 0.5) is 4.39 Å². The average Bonchev–Trinajstić information content (AvgIpc) is 3.25. The van der Waals surface area contributed by atoms with Crippen LogP contribution < -0.4 is 0 Å². The Hall–Kier alpha value is -0.680. The Morgan fingerprint density at radius 3 is 2.41 bits per heavy atom. The summed E-state index contributed by atoms with van der Waals surface area (Å²) in [4.78, 5) is 12.2. The molecule has 4 unspecified atom stereocenters. The lowest BCUT2D eigenvalue weighted by Gasteiger charge is -2.67. The number of alkyl halides is 1. The third-order valence-electron chi connectivity index (χ3n) is 12.7. The van der Waals surface area contributed by atoms with Crippen molar-refractivity contribution < 1.29 is 23.4 Å². The van der Waals surface area contributed by atoms with E-state index in [1.54, 1.807) is 7.11 Å². The van der Waals surface area contributed by atoms with Crippen molar-refractivity contribution in [1.29, 1.82) is 0 Å². The SMILES string of the molecule is CC[C@H]1[C@@H](OCOC)C2C3CC[C@H]([C@H](C)CC(CF)C(=O)OC)[C@@]3(C)[C@@H](C)CC2[C@@]2(C)CC[C@@H](C)C[C@@H]12. The monoisotopic (exact) mass is 522 g/mol. The van der Waals surface area contributed by atoms with Crippen molar-refractivity contribution in [2.45, 2.75) is 99.0 Å². The average molecular weight is 523 g/mol. The maximum atomic E-state index is 13.8. The molecule has 0 amide bonds. The second-order valence-corrected chi connectivity index (χ2v) is 14.2. The molecule has 0 bridgehead atoms. The van der Waals surface area contributed by atoms with Gasteiger partial charge < -0.3 is 14.2 Å². The van der Waals surface area contributed by atoms with E-state index in [1.165, 1.54) is 52.1 Å². The van der Waals surface area contributed by atoms with Gasteiger partial charge in [0.25, 0.3) is 0 Å². The number of esters is 1. The highest BCUT2D eigenvalue weighted by atomic mass is 19.1. The fraction of sp³-hybridized carbons (Fsp3) is 0.969. The van der Waals surface area contributed by atoms with E-state index in [0.29, 0.717) is 54.1 Å². The maximum Gasteiger partial charge on any atom is 0.311 e. The second kappa shape index (κ2) is 11.4. The van der Waals surface area contributed by atoms with Crippen LogP contribution in [0.1, 0.15) is 92.9 Å². The topological polar surface area (TPSA) is 44.8 Å². The maximum absolute atomic E-state index is 13.8. The number of hydrogen-bond donors (Lipinski definition) is 0. The predicted molar refractivity (Wildman–Crippen MR) is 145 cm³/mol. The molecule has 0 spiro atoms. The van der Waals surface area contributed by atoms with Crippen molar-refractivity contribution in [1.82, 2.24) is 0 Å². The quantitative estimate of drug-likeness (QED) is 0.232. The van der Waals surface area contributed by atoms with Gasteiger partial charge in [0, 0.05) is 7.11 Å². The molecule has 0 saturated heterocycles. The zero-order chi connectivity index (χ0) is 27.1. The molecule has 0 aromatic rings. The molecule has 0 aromatic heterocycles. The molecule has 4 rings (SSSR count). The summed E-state index contributed by atoms with van der Waals surface area (Å²) in [5.74, 6) is 4.28. The molecule has 37 heavy (non-hydrogen) atoms. The van der Waals surface area contributed by atoms with Crippen molar-refractivity contribution in [2.24, 2.45) is 70.0 Å². The van der Waals surface area contributed by atoms with E-state index >= 15 is 0 Å². The molecule has 4 fully saturated rings. The molecule has 4 saturated carbocycles. The van der Waals surface area contributed by atoms with Crippen LogP contribution in [0.25, 0.3) is 0 Å². The van der Waals surface area contributed by atoms with Crippen LogP contribution in [-0.4, -0.2) is 39.8 Å². The van der Waals surface area contributed by atoms with Gasteiger partial charge in [0.15, 0.2) is 0 Å². The van der Waals surface area contributed by atoms with Gasteiger partial charge in [-0.2, -0.15) is 0 Å². The molecule has 13 atom stereocenters. The van der Waals surface area contributed by atoms with Gasteiger partial charge in [-0.05, 0) is 103 Å². The number of halogens is 1. The van der Waals surface area contributed by atoms with Crippen LogP contribution in [0.3, 0.4) is 0 Å².